The van der Waals surface area contributed by atoms with Crippen molar-refractivity contribution in [3.63, 3.8) is 0 Å². The van der Waals surface area contributed by atoms with Gasteiger partial charge >= 0.3 is 9.28 Å². The topological polar surface area (TPSA) is 18.5 Å². The second-order valence-electron chi connectivity index (χ2n) is 4.65. The van der Waals surface area contributed by atoms with Crippen molar-refractivity contribution in [2.24, 2.45) is 0 Å². The molecule has 0 amide bonds. The minimum absolute atomic E-state index is 0.698. The maximum absolute atomic E-state index is 6.11. The molecule has 1 unspecified atom stereocenters. The Labute approximate surface area is 106 Å². The lowest BCUT2D eigenvalue weighted by atomic mass is 10.0. The Kier molecular flexibility index (Phi) is 5.07. The monoisotopic (exact) mass is 250 g/mol. The van der Waals surface area contributed by atoms with E-state index in [0.29, 0.717) is 5.54 Å². The number of hydrogen-bond donors (Lipinski definition) is 0. The predicted molar refractivity (Wildman–Crippen MR) is 72.7 cm³/mol. The molecule has 2 rings (SSSR count). The number of para-hydroxylation sites is 1. The third-order valence-electron chi connectivity index (χ3n) is 3.36. The standard InChI is InChI=1S/C14H22O2Si/c1-2-15-17(14-11-7-4-8-12-14)16-13-9-5-3-6-10-13/h3,5-6,9-10,14,17H,2,4,7-8,11-12H2,1H3. The lowest BCUT2D eigenvalue weighted by Crippen LogP contribution is -2.33. The molecule has 0 spiro atoms. The first-order valence-corrected chi connectivity index (χ1v) is 8.34. The van der Waals surface area contributed by atoms with Crippen LogP contribution in [0.15, 0.2) is 30.3 Å². The second-order valence-corrected chi connectivity index (χ2v) is 6.90. The highest BCUT2D eigenvalue weighted by Gasteiger charge is 2.29. The van der Waals surface area contributed by atoms with Gasteiger partial charge in [-0.3, -0.25) is 0 Å². The average Bonchev–Trinajstić information content (AvgIpc) is 2.40. The summed E-state index contributed by atoms with van der Waals surface area (Å²) in [7, 11) is -1.54. The van der Waals surface area contributed by atoms with E-state index in [1.54, 1.807) is 0 Å². The smallest absolute Gasteiger partial charge is 0.385 e. The molecule has 0 aromatic heterocycles. The van der Waals surface area contributed by atoms with Crippen LogP contribution in [0.4, 0.5) is 0 Å². The minimum atomic E-state index is -1.54. The number of rotatable bonds is 5. The van der Waals surface area contributed by atoms with E-state index >= 15 is 0 Å². The van der Waals surface area contributed by atoms with Crippen LogP contribution in [0.25, 0.3) is 0 Å². The maximum atomic E-state index is 6.11. The van der Waals surface area contributed by atoms with Gasteiger partial charge in [0, 0.05) is 12.1 Å². The van der Waals surface area contributed by atoms with E-state index in [4.69, 9.17) is 8.85 Å². The van der Waals surface area contributed by atoms with Crippen LogP contribution >= 0.6 is 0 Å². The molecule has 0 aliphatic heterocycles. The van der Waals surface area contributed by atoms with E-state index < -0.39 is 9.28 Å². The van der Waals surface area contributed by atoms with Crippen molar-refractivity contribution in [3.05, 3.63) is 30.3 Å². The van der Waals surface area contributed by atoms with E-state index in [2.05, 4.69) is 6.92 Å². The molecule has 1 aromatic carbocycles. The predicted octanol–water partition coefficient (Wildman–Crippen LogP) is 3.66. The van der Waals surface area contributed by atoms with E-state index in [0.717, 1.165) is 12.4 Å². The fourth-order valence-corrected chi connectivity index (χ4v) is 4.77. The Morgan fingerprint density at radius 1 is 1.12 bits per heavy atom. The van der Waals surface area contributed by atoms with Gasteiger partial charge in [0.2, 0.25) is 0 Å². The molecule has 1 atom stereocenters. The summed E-state index contributed by atoms with van der Waals surface area (Å²) in [4.78, 5) is 0. The normalized spacial score (nSPS) is 18.9. The van der Waals surface area contributed by atoms with Crippen molar-refractivity contribution in [1.82, 2.24) is 0 Å². The van der Waals surface area contributed by atoms with Gasteiger partial charge in [-0.2, -0.15) is 0 Å². The second kappa shape index (κ2) is 6.82. The van der Waals surface area contributed by atoms with Crippen LogP contribution in [0.2, 0.25) is 5.54 Å². The van der Waals surface area contributed by atoms with Crippen molar-refractivity contribution in [1.29, 1.82) is 0 Å². The average molecular weight is 250 g/mol. The first-order chi connectivity index (χ1) is 8.40. The summed E-state index contributed by atoms with van der Waals surface area (Å²) < 4.78 is 12.0. The molecule has 3 heteroatoms. The molecule has 1 aliphatic carbocycles. The highest BCUT2D eigenvalue weighted by atomic mass is 28.3. The number of benzene rings is 1. The molecule has 94 valence electrons. The van der Waals surface area contributed by atoms with Crippen LogP contribution in [0.5, 0.6) is 5.75 Å². The van der Waals surface area contributed by atoms with Gasteiger partial charge in [0.25, 0.3) is 0 Å². The summed E-state index contributed by atoms with van der Waals surface area (Å²) in [5, 5.41) is 0. The molecular weight excluding hydrogens is 228 g/mol. The first kappa shape index (κ1) is 12.6. The summed E-state index contributed by atoms with van der Waals surface area (Å²) in [6, 6.07) is 10.1. The van der Waals surface area contributed by atoms with Crippen LogP contribution in [0.3, 0.4) is 0 Å². The minimum Gasteiger partial charge on any atom is -0.522 e. The molecule has 17 heavy (non-hydrogen) atoms. The van der Waals surface area contributed by atoms with Gasteiger partial charge in [-0.1, -0.05) is 37.5 Å². The Balaban J connectivity index is 1.96. The summed E-state index contributed by atoms with van der Waals surface area (Å²) >= 11 is 0. The van der Waals surface area contributed by atoms with Gasteiger partial charge in [-0.05, 0) is 31.9 Å². The van der Waals surface area contributed by atoms with Gasteiger partial charge in [0.15, 0.2) is 0 Å². The van der Waals surface area contributed by atoms with Crippen molar-refractivity contribution in [3.8, 4) is 5.75 Å². The Hall–Kier alpha value is -0.803. The fourth-order valence-electron chi connectivity index (χ4n) is 2.47. The van der Waals surface area contributed by atoms with E-state index in [-0.39, 0.29) is 0 Å². The third-order valence-corrected chi connectivity index (χ3v) is 5.96. The van der Waals surface area contributed by atoms with Crippen LogP contribution in [0.1, 0.15) is 39.0 Å². The quantitative estimate of drug-likeness (QED) is 0.743. The lowest BCUT2D eigenvalue weighted by Gasteiger charge is -2.28. The largest absolute Gasteiger partial charge is 0.522 e. The molecule has 1 aromatic rings. The van der Waals surface area contributed by atoms with Gasteiger partial charge in [-0.25, -0.2) is 0 Å². The van der Waals surface area contributed by atoms with E-state index in [9.17, 15) is 0 Å². The van der Waals surface area contributed by atoms with Gasteiger partial charge in [0.05, 0.1) is 0 Å². The Morgan fingerprint density at radius 2 is 1.82 bits per heavy atom. The van der Waals surface area contributed by atoms with Crippen LogP contribution in [0, 0.1) is 0 Å². The first-order valence-electron chi connectivity index (χ1n) is 6.73. The Bertz CT molecular complexity index is 309. The molecule has 0 radical (unpaired) electrons. The summed E-state index contributed by atoms with van der Waals surface area (Å²) in [5.74, 6) is 0.975. The zero-order valence-corrected chi connectivity index (χ0v) is 11.8. The summed E-state index contributed by atoms with van der Waals surface area (Å²) in [6.07, 6.45) is 6.67. The Morgan fingerprint density at radius 3 is 2.47 bits per heavy atom. The van der Waals surface area contributed by atoms with E-state index in [1.807, 2.05) is 30.3 Å². The zero-order valence-electron chi connectivity index (χ0n) is 10.6. The molecule has 1 aliphatic rings. The molecule has 1 fully saturated rings. The maximum Gasteiger partial charge on any atom is 0.385 e. The van der Waals surface area contributed by atoms with Gasteiger partial charge < -0.3 is 8.85 Å². The fraction of sp³-hybridized carbons (Fsp3) is 0.571. The van der Waals surface area contributed by atoms with Crippen molar-refractivity contribution in [2.75, 3.05) is 6.61 Å². The van der Waals surface area contributed by atoms with Crippen LogP contribution in [-0.2, 0) is 4.43 Å². The van der Waals surface area contributed by atoms with Crippen molar-refractivity contribution >= 4 is 9.28 Å². The van der Waals surface area contributed by atoms with Gasteiger partial charge in [0.1, 0.15) is 5.75 Å². The van der Waals surface area contributed by atoms with E-state index in [1.165, 1.54) is 32.1 Å². The molecule has 0 heterocycles. The SMILES string of the molecule is CCO[SiH](Oc1ccccc1)C1CCCCC1. The highest BCUT2D eigenvalue weighted by molar-refractivity contribution is 6.47. The molecular formula is C14H22O2Si. The van der Waals surface area contributed by atoms with Crippen LogP contribution < -0.4 is 4.43 Å². The molecule has 0 saturated heterocycles. The molecule has 0 N–H and O–H groups in total. The molecule has 2 nitrogen and oxygen atoms in total. The van der Waals surface area contributed by atoms with Crippen molar-refractivity contribution < 1.29 is 8.85 Å². The number of hydrogen-bond acceptors (Lipinski definition) is 2. The molecule has 1 saturated carbocycles. The van der Waals surface area contributed by atoms with Gasteiger partial charge in [-0.15, -0.1) is 0 Å². The summed E-state index contributed by atoms with van der Waals surface area (Å²) in [5.41, 5.74) is 0.698. The van der Waals surface area contributed by atoms with Crippen molar-refractivity contribution in [2.45, 2.75) is 44.6 Å². The zero-order chi connectivity index (χ0) is 11.9. The molecule has 0 bridgehead atoms. The third kappa shape index (κ3) is 3.86. The van der Waals surface area contributed by atoms with Crippen LogP contribution in [-0.4, -0.2) is 15.9 Å². The lowest BCUT2D eigenvalue weighted by molar-refractivity contribution is 0.258. The highest BCUT2D eigenvalue weighted by Crippen LogP contribution is 2.32. The summed E-state index contributed by atoms with van der Waals surface area (Å²) in [6.45, 7) is 2.84.